The number of hydrogen-bond acceptors (Lipinski definition) is 5. The molecule has 2 heterocycles. The highest BCUT2D eigenvalue weighted by Gasteiger charge is 2.19. The molecule has 1 aliphatic rings. The van der Waals surface area contributed by atoms with Crippen molar-refractivity contribution in [3.05, 3.63) is 16.5 Å². The Morgan fingerprint density at radius 3 is 2.59 bits per heavy atom. The van der Waals surface area contributed by atoms with Gasteiger partial charge in [0.05, 0.1) is 13.2 Å². The highest BCUT2D eigenvalue weighted by Crippen LogP contribution is 2.22. The van der Waals surface area contributed by atoms with Crippen LogP contribution in [0.25, 0.3) is 0 Å². The number of nitrogens with zero attached hydrogens (tertiary/aromatic N) is 3. The molecule has 0 spiro atoms. The van der Waals surface area contributed by atoms with Crippen LogP contribution >= 0.6 is 11.6 Å². The maximum atomic E-state index is 11.5. The summed E-state index contributed by atoms with van der Waals surface area (Å²) in [6.07, 6.45) is 0. The second kappa shape index (κ2) is 4.98. The summed E-state index contributed by atoms with van der Waals surface area (Å²) in [6.45, 7) is 6.16. The Kier molecular flexibility index (Phi) is 3.59. The maximum absolute atomic E-state index is 11.5. The Morgan fingerprint density at radius 2 is 2.00 bits per heavy atom. The number of aromatic nitrogens is 2. The number of Topliss-reactive ketones (excluding diaryl/α,β-unsaturated/α-hetero) is 1. The molecule has 0 atom stereocenters. The normalized spacial score (nSPS) is 16.1. The summed E-state index contributed by atoms with van der Waals surface area (Å²) in [4.78, 5) is 21.7. The first-order valence-corrected chi connectivity index (χ1v) is 5.85. The first-order valence-electron chi connectivity index (χ1n) is 5.47. The van der Waals surface area contributed by atoms with Crippen molar-refractivity contribution in [1.29, 1.82) is 0 Å². The topological polar surface area (TPSA) is 55.3 Å². The van der Waals surface area contributed by atoms with Crippen molar-refractivity contribution >= 4 is 23.2 Å². The minimum Gasteiger partial charge on any atom is -0.378 e. The van der Waals surface area contributed by atoms with Gasteiger partial charge in [-0.3, -0.25) is 4.79 Å². The Labute approximate surface area is 105 Å². The zero-order valence-electron chi connectivity index (χ0n) is 9.86. The van der Waals surface area contributed by atoms with Crippen molar-refractivity contribution in [2.45, 2.75) is 13.8 Å². The first kappa shape index (κ1) is 12.3. The molecule has 1 aliphatic heterocycles. The van der Waals surface area contributed by atoms with Crippen LogP contribution < -0.4 is 4.90 Å². The van der Waals surface area contributed by atoms with E-state index in [0.29, 0.717) is 18.9 Å². The summed E-state index contributed by atoms with van der Waals surface area (Å²) in [7, 11) is 0. The van der Waals surface area contributed by atoms with E-state index >= 15 is 0 Å². The van der Waals surface area contributed by atoms with E-state index < -0.39 is 0 Å². The van der Waals surface area contributed by atoms with Gasteiger partial charge in [-0.2, -0.15) is 0 Å². The van der Waals surface area contributed by atoms with Crippen molar-refractivity contribution < 1.29 is 9.53 Å². The third kappa shape index (κ3) is 2.56. The summed E-state index contributed by atoms with van der Waals surface area (Å²) >= 11 is 5.85. The van der Waals surface area contributed by atoms with E-state index in [1.807, 2.05) is 6.92 Å². The molecular formula is C11H14ClN3O2. The molecule has 0 aliphatic carbocycles. The fourth-order valence-electron chi connectivity index (χ4n) is 1.90. The van der Waals surface area contributed by atoms with Crippen molar-refractivity contribution in [1.82, 2.24) is 9.97 Å². The molecule has 5 nitrogen and oxygen atoms in total. The summed E-state index contributed by atoms with van der Waals surface area (Å²) in [5, 5.41) is 0.113. The molecule has 0 aromatic carbocycles. The highest BCUT2D eigenvalue weighted by atomic mass is 35.5. The molecule has 1 saturated heterocycles. The molecule has 0 bridgehead atoms. The largest absolute Gasteiger partial charge is 0.378 e. The molecule has 1 aromatic heterocycles. The van der Waals surface area contributed by atoms with Gasteiger partial charge in [0, 0.05) is 25.6 Å². The SMILES string of the molecule is CC(=O)c1nc(Cl)nc(N2CCOCC2)c1C. The van der Waals surface area contributed by atoms with E-state index in [0.717, 1.165) is 24.5 Å². The molecule has 1 aromatic rings. The van der Waals surface area contributed by atoms with Gasteiger partial charge in [0.15, 0.2) is 5.78 Å². The number of halogens is 1. The molecule has 92 valence electrons. The zero-order chi connectivity index (χ0) is 12.4. The molecular weight excluding hydrogens is 242 g/mol. The standard InChI is InChI=1S/C11H14ClN3O2/c1-7-9(8(2)16)13-11(12)14-10(7)15-3-5-17-6-4-15/h3-6H2,1-2H3. The number of hydrogen-bond donors (Lipinski definition) is 0. The summed E-state index contributed by atoms with van der Waals surface area (Å²) < 4.78 is 5.28. The van der Waals surface area contributed by atoms with Crippen LogP contribution in [0.4, 0.5) is 5.82 Å². The molecule has 0 unspecified atom stereocenters. The lowest BCUT2D eigenvalue weighted by atomic mass is 10.1. The van der Waals surface area contributed by atoms with Crippen LogP contribution in [0.15, 0.2) is 0 Å². The number of rotatable bonds is 2. The minimum absolute atomic E-state index is 0.0960. The summed E-state index contributed by atoms with van der Waals surface area (Å²) in [6, 6.07) is 0. The molecule has 0 amide bonds. The van der Waals surface area contributed by atoms with Crippen LogP contribution in [0.1, 0.15) is 23.0 Å². The summed E-state index contributed by atoms with van der Waals surface area (Å²) in [5.41, 5.74) is 1.18. The first-order chi connectivity index (χ1) is 8.09. The van der Waals surface area contributed by atoms with E-state index in [-0.39, 0.29) is 11.1 Å². The molecule has 6 heteroatoms. The fraction of sp³-hybridized carbons (Fsp3) is 0.545. The van der Waals surface area contributed by atoms with Gasteiger partial charge >= 0.3 is 0 Å². The van der Waals surface area contributed by atoms with Gasteiger partial charge in [-0.1, -0.05) is 0 Å². The van der Waals surface area contributed by atoms with Crippen LogP contribution in [-0.4, -0.2) is 42.1 Å². The van der Waals surface area contributed by atoms with E-state index in [9.17, 15) is 4.79 Å². The van der Waals surface area contributed by atoms with E-state index in [2.05, 4.69) is 14.9 Å². The van der Waals surface area contributed by atoms with Crippen molar-refractivity contribution in [2.24, 2.45) is 0 Å². The van der Waals surface area contributed by atoms with Gasteiger partial charge < -0.3 is 9.64 Å². The molecule has 2 rings (SSSR count). The van der Waals surface area contributed by atoms with Crippen LogP contribution in [-0.2, 0) is 4.74 Å². The molecule has 17 heavy (non-hydrogen) atoms. The minimum atomic E-state index is -0.0960. The maximum Gasteiger partial charge on any atom is 0.225 e. The Balaban J connectivity index is 2.41. The van der Waals surface area contributed by atoms with Gasteiger partial charge in [-0.25, -0.2) is 9.97 Å². The van der Waals surface area contributed by atoms with Crippen molar-refractivity contribution in [2.75, 3.05) is 31.2 Å². The fourth-order valence-corrected chi connectivity index (χ4v) is 2.07. The number of ketones is 1. The smallest absolute Gasteiger partial charge is 0.225 e. The Bertz CT molecular complexity index is 445. The second-order valence-electron chi connectivity index (χ2n) is 3.95. The van der Waals surface area contributed by atoms with Gasteiger partial charge in [-0.05, 0) is 18.5 Å². The molecule has 0 saturated carbocycles. The van der Waals surface area contributed by atoms with E-state index in [4.69, 9.17) is 16.3 Å². The average molecular weight is 256 g/mol. The highest BCUT2D eigenvalue weighted by molar-refractivity contribution is 6.28. The second-order valence-corrected chi connectivity index (χ2v) is 4.28. The van der Waals surface area contributed by atoms with Gasteiger partial charge in [-0.15, -0.1) is 0 Å². The van der Waals surface area contributed by atoms with Crippen molar-refractivity contribution in [3.63, 3.8) is 0 Å². The number of carbonyl (C=O) groups is 1. The third-order valence-corrected chi connectivity index (χ3v) is 2.91. The number of carbonyl (C=O) groups excluding carboxylic acids is 1. The summed E-state index contributed by atoms with van der Waals surface area (Å²) in [5.74, 6) is 0.639. The average Bonchev–Trinajstić information content (AvgIpc) is 2.32. The Morgan fingerprint density at radius 1 is 1.35 bits per heavy atom. The lowest BCUT2D eigenvalue weighted by Crippen LogP contribution is -2.37. The number of morpholine rings is 1. The lowest BCUT2D eigenvalue weighted by Gasteiger charge is -2.29. The third-order valence-electron chi connectivity index (χ3n) is 2.74. The molecule has 1 fully saturated rings. The monoisotopic (exact) mass is 255 g/mol. The predicted molar refractivity (Wildman–Crippen MR) is 64.8 cm³/mol. The van der Waals surface area contributed by atoms with Crippen LogP contribution in [0.5, 0.6) is 0 Å². The zero-order valence-corrected chi connectivity index (χ0v) is 10.6. The number of ether oxygens (including phenoxy) is 1. The van der Waals surface area contributed by atoms with E-state index in [1.54, 1.807) is 0 Å². The molecule has 0 radical (unpaired) electrons. The van der Waals surface area contributed by atoms with Gasteiger partial charge in [0.2, 0.25) is 5.28 Å². The Hall–Kier alpha value is -1.20. The van der Waals surface area contributed by atoms with Crippen molar-refractivity contribution in [3.8, 4) is 0 Å². The number of anilines is 1. The predicted octanol–water partition coefficient (Wildman–Crippen LogP) is 1.48. The lowest BCUT2D eigenvalue weighted by molar-refractivity contribution is 0.101. The van der Waals surface area contributed by atoms with Crippen LogP contribution in [0.2, 0.25) is 5.28 Å². The quantitative estimate of drug-likeness (QED) is 0.592. The van der Waals surface area contributed by atoms with E-state index in [1.165, 1.54) is 6.92 Å². The van der Waals surface area contributed by atoms with Crippen LogP contribution in [0, 0.1) is 6.92 Å². The van der Waals surface area contributed by atoms with Gasteiger partial charge in [0.25, 0.3) is 0 Å². The van der Waals surface area contributed by atoms with Crippen LogP contribution in [0.3, 0.4) is 0 Å². The molecule has 0 N–H and O–H groups in total. The van der Waals surface area contributed by atoms with Gasteiger partial charge in [0.1, 0.15) is 11.5 Å².